The molecule has 1 heterocycles. The predicted octanol–water partition coefficient (Wildman–Crippen LogP) is 6.03. The van der Waals surface area contributed by atoms with E-state index in [4.69, 9.17) is 11.6 Å². The largest absolute Gasteiger partial charge is 0.322 e. The van der Waals surface area contributed by atoms with Crippen LogP contribution in [0.2, 0.25) is 5.02 Å². The number of hydrogen-bond donors (Lipinski definition) is 1. The average Bonchev–Trinajstić information content (AvgIpc) is 2.57. The lowest BCUT2D eigenvalue weighted by Crippen LogP contribution is -2.12. The maximum atomic E-state index is 12.4. The molecule has 0 aliphatic carbocycles. The molecule has 0 atom stereocenters. The number of pyridine rings is 1. The minimum absolute atomic E-state index is 0.224. The standard InChI is InChI=1S/C20H16BrClN2O/c1-12-7-13(2)9-15(8-12)19-6-3-14(11-23-19)20(25)24-16-4-5-17(21)18(22)10-16/h3-11H,1-2H3,(H,24,25). The third-order valence-corrected chi connectivity index (χ3v) is 4.95. The SMILES string of the molecule is Cc1cc(C)cc(-c2ccc(C(=O)Nc3ccc(Br)c(Cl)c3)cn2)c1. The fraction of sp³-hybridized carbons (Fsp3) is 0.100. The van der Waals surface area contributed by atoms with Crippen molar-refractivity contribution in [3.8, 4) is 11.3 Å². The van der Waals surface area contributed by atoms with Crippen molar-refractivity contribution in [3.05, 3.63) is 80.9 Å². The first-order chi connectivity index (χ1) is 11.9. The molecule has 0 bridgehead atoms. The summed E-state index contributed by atoms with van der Waals surface area (Å²) < 4.78 is 0.784. The predicted molar refractivity (Wildman–Crippen MR) is 106 cm³/mol. The average molecular weight is 416 g/mol. The molecule has 0 saturated heterocycles. The number of nitrogens with zero attached hydrogens (tertiary/aromatic N) is 1. The van der Waals surface area contributed by atoms with Crippen LogP contribution in [0.15, 0.2) is 59.2 Å². The first kappa shape index (κ1) is 17.6. The zero-order valence-electron chi connectivity index (χ0n) is 13.8. The molecule has 0 radical (unpaired) electrons. The monoisotopic (exact) mass is 414 g/mol. The Labute approximate surface area is 160 Å². The summed E-state index contributed by atoms with van der Waals surface area (Å²) in [6, 6.07) is 15.2. The van der Waals surface area contributed by atoms with Crippen LogP contribution < -0.4 is 5.32 Å². The van der Waals surface area contributed by atoms with Gasteiger partial charge in [0.15, 0.2) is 0 Å². The summed E-state index contributed by atoms with van der Waals surface area (Å²) in [5.41, 5.74) is 5.39. The molecular formula is C20H16BrClN2O. The molecular weight excluding hydrogens is 400 g/mol. The summed E-state index contributed by atoms with van der Waals surface area (Å²) in [7, 11) is 0. The molecule has 0 unspecified atom stereocenters. The van der Waals surface area contributed by atoms with E-state index in [-0.39, 0.29) is 5.91 Å². The number of aromatic nitrogens is 1. The Kier molecular flexibility index (Phi) is 5.21. The molecule has 1 aromatic heterocycles. The molecule has 3 nitrogen and oxygen atoms in total. The van der Waals surface area contributed by atoms with Crippen molar-refractivity contribution in [1.29, 1.82) is 0 Å². The summed E-state index contributed by atoms with van der Waals surface area (Å²) in [6.07, 6.45) is 1.59. The van der Waals surface area contributed by atoms with Crippen molar-refractivity contribution in [3.63, 3.8) is 0 Å². The summed E-state index contributed by atoms with van der Waals surface area (Å²) in [4.78, 5) is 16.8. The van der Waals surface area contributed by atoms with E-state index in [9.17, 15) is 4.79 Å². The van der Waals surface area contributed by atoms with Gasteiger partial charge in [0.2, 0.25) is 0 Å². The molecule has 0 fully saturated rings. The second kappa shape index (κ2) is 7.38. The molecule has 1 amide bonds. The zero-order chi connectivity index (χ0) is 18.0. The Morgan fingerprint density at radius 2 is 1.76 bits per heavy atom. The van der Waals surface area contributed by atoms with Crippen molar-refractivity contribution in [2.24, 2.45) is 0 Å². The van der Waals surface area contributed by atoms with E-state index in [0.29, 0.717) is 16.3 Å². The van der Waals surface area contributed by atoms with Gasteiger partial charge in [-0.05, 0) is 72.2 Å². The van der Waals surface area contributed by atoms with Gasteiger partial charge >= 0.3 is 0 Å². The van der Waals surface area contributed by atoms with Crippen molar-refractivity contribution in [2.75, 3.05) is 5.32 Å². The Morgan fingerprint density at radius 3 is 2.36 bits per heavy atom. The van der Waals surface area contributed by atoms with Gasteiger partial charge in [-0.1, -0.05) is 28.8 Å². The van der Waals surface area contributed by atoms with E-state index >= 15 is 0 Å². The normalized spacial score (nSPS) is 10.6. The van der Waals surface area contributed by atoms with Gasteiger partial charge in [0.05, 0.1) is 16.3 Å². The van der Waals surface area contributed by atoms with Crippen molar-refractivity contribution < 1.29 is 4.79 Å². The molecule has 3 aromatic rings. The van der Waals surface area contributed by atoms with E-state index in [1.165, 1.54) is 11.1 Å². The van der Waals surface area contributed by atoms with Crippen LogP contribution in [-0.4, -0.2) is 10.9 Å². The molecule has 3 rings (SSSR count). The third kappa shape index (κ3) is 4.27. The molecule has 5 heteroatoms. The van der Waals surface area contributed by atoms with Crippen molar-refractivity contribution in [2.45, 2.75) is 13.8 Å². The van der Waals surface area contributed by atoms with Crippen LogP contribution in [0.25, 0.3) is 11.3 Å². The number of benzene rings is 2. The Balaban J connectivity index is 1.79. The fourth-order valence-corrected chi connectivity index (χ4v) is 3.03. The minimum Gasteiger partial charge on any atom is -0.322 e. The van der Waals surface area contributed by atoms with Crippen LogP contribution in [0.3, 0.4) is 0 Å². The van der Waals surface area contributed by atoms with E-state index in [2.05, 4.69) is 58.3 Å². The zero-order valence-corrected chi connectivity index (χ0v) is 16.1. The highest BCUT2D eigenvalue weighted by atomic mass is 79.9. The third-order valence-electron chi connectivity index (χ3n) is 3.72. The maximum Gasteiger partial charge on any atom is 0.257 e. The van der Waals surface area contributed by atoms with E-state index in [1.807, 2.05) is 6.07 Å². The quantitative estimate of drug-likeness (QED) is 0.567. The summed E-state index contributed by atoms with van der Waals surface area (Å²) in [6.45, 7) is 4.11. The second-order valence-electron chi connectivity index (χ2n) is 5.89. The van der Waals surface area contributed by atoms with Gasteiger partial charge in [0.25, 0.3) is 5.91 Å². The fourth-order valence-electron chi connectivity index (χ4n) is 2.60. The number of hydrogen-bond acceptors (Lipinski definition) is 2. The number of nitrogens with one attached hydrogen (secondary N) is 1. The molecule has 0 saturated carbocycles. The van der Waals surface area contributed by atoms with Crippen LogP contribution in [0, 0.1) is 13.8 Å². The Hall–Kier alpha value is -2.17. The molecule has 2 aromatic carbocycles. The van der Waals surface area contributed by atoms with Crippen LogP contribution in [0.5, 0.6) is 0 Å². The molecule has 126 valence electrons. The smallest absolute Gasteiger partial charge is 0.257 e. The Bertz CT molecular complexity index is 919. The summed E-state index contributed by atoms with van der Waals surface area (Å²) >= 11 is 9.37. The topological polar surface area (TPSA) is 42.0 Å². The van der Waals surface area contributed by atoms with Gasteiger partial charge in [-0.2, -0.15) is 0 Å². The van der Waals surface area contributed by atoms with Crippen LogP contribution in [-0.2, 0) is 0 Å². The van der Waals surface area contributed by atoms with Gasteiger partial charge < -0.3 is 5.32 Å². The van der Waals surface area contributed by atoms with Gasteiger partial charge in [0.1, 0.15) is 0 Å². The highest BCUT2D eigenvalue weighted by molar-refractivity contribution is 9.10. The minimum atomic E-state index is -0.224. The highest BCUT2D eigenvalue weighted by Crippen LogP contribution is 2.26. The number of rotatable bonds is 3. The van der Waals surface area contributed by atoms with Crippen LogP contribution in [0.4, 0.5) is 5.69 Å². The van der Waals surface area contributed by atoms with Crippen molar-refractivity contribution in [1.82, 2.24) is 4.98 Å². The van der Waals surface area contributed by atoms with Crippen LogP contribution >= 0.6 is 27.5 Å². The van der Waals surface area contributed by atoms with E-state index < -0.39 is 0 Å². The summed E-state index contributed by atoms with van der Waals surface area (Å²) in [5, 5.41) is 3.36. The van der Waals surface area contributed by atoms with E-state index in [1.54, 1.807) is 30.5 Å². The number of aryl methyl sites for hydroxylation is 2. The first-order valence-corrected chi connectivity index (χ1v) is 8.90. The number of amides is 1. The molecule has 0 aliphatic heterocycles. The molecule has 1 N–H and O–H groups in total. The lowest BCUT2D eigenvalue weighted by Gasteiger charge is -2.08. The molecule has 0 spiro atoms. The lowest BCUT2D eigenvalue weighted by atomic mass is 10.0. The second-order valence-corrected chi connectivity index (χ2v) is 7.15. The number of carbonyl (C=O) groups is 1. The molecule has 0 aliphatic rings. The Morgan fingerprint density at radius 1 is 1.04 bits per heavy atom. The van der Waals surface area contributed by atoms with Crippen molar-refractivity contribution >= 4 is 39.1 Å². The van der Waals surface area contributed by atoms with Gasteiger partial charge in [-0.25, -0.2) is 0 Å². The molecule has 25 heavy (non-hydrogen) atoms. The first-order valence-electron chi connectivity index (χ1n) is 7.73. The van der Waals surface area contributed by atoms with Crippen LogP contribution in [0.1, 0.15) is 21.5 Å². The summed E-state index contributed by atoms with van der Waals surface area (Å²) in [5.74, 6) is -0.224. The van der Waals surface area contributed by atoms with Gasteiger partial charge in [-0.3, -0.25) is 9.78 Å². The lowest BCUT2D eigenvalue weighted by molar-refractivity contribution is 0.102. The number of anilines is 1. The highest BCUT2D eigenvalue weighted by Gasteiger charge is 2.09. The number of carbonyl (C=O) groups excluding carboxylic acids is 1. The van der Waals surface area contributed by atoms with E-state index in [0.717, 1.165) is 15.7 Å². The van der Waals surface area contributed by atoms with Gasteiger partial charge in [0, 0.05) is 21.9 Å². The maximum absolute atomic E-state index is 12.4. The van der Waals surface area contributed by atoms with Gasteiger partial charge in [-0.15, -0.1) is 0 Å². The number of halogens is 2.